The summed E-state index contributed by atoms with van der Waals surface area (Å²) in [4.78, 5) is 24.5. The summed E-state index contributed by atoms with van der Waals surface area (Å²) in [5, 5.41) is 43.2. The van der Waals surface area contributed by atoms with Crippen LogP contribution in [0.15, 0.2) is 60.7 Å². The monoisotopic (exact) mass is 624 g/mol. The molecule has 8 bridgehead atoms. The third-order valence-corrected chi connectivity index (χ3v) is 8.40. The van der Waals surface area contributed by atoms with Gasteiger partial charge in [0, 0.05) is 25.7 Å². The Hall–Kier alpha value is -4.98. The lowest BCUT2D eigenvalue weighted by Crippen LogP contribution is -2.09. The van der Waals surface area contributed by atoms with Gasteiger partial charge in [-0.2, -0.15) is 0 Å². The van der Waals surface area contributed by atoms with E-state index in [-0.39, 0.29) is 48.3 Å². The van der Waals surface area contributed by atoms with Crippen molar-refractivity contribution in [1.29, 1.82) is 0 Å². The van der Waals surface area contributed by atoms with Crippen LogP contribution in [0.2, 0.25) is 0 Å². The number of aromatic carboxylic acids is 2. The molecule has 0 atom stereocenters. The number of unbranched alkanes of at least 4 members (excludes halogenated alkanes) is 2. The second-order valence-corrected chi connectivity index (χ2v) is 11.8. The van der Waals surface area contributed by atoms with Crippen LogP contribution in [0, 0.1) is 0 Å². The molecule has 240 valence electrons. The third-order valence-electron chi connectivity index (χ3n) is 8.40. The number of phenols is 2. The maximum Gasteiger partial charge on any atom is 0.335 e. The quantitative estimate of drug-likeness (QED) is 0.117. The van der Waals surface area contributed by atoms with Gasteiger partial charge in [0.25, 0.3) is 0 Å². The van der Waals surface area contributed by atoms with E-state index < -0.39 is 11.9 Å². The zero-order chi connectivity index (χ0) is 32.8. The number of phenolic OH excluding ortho intramolecular Hbond substituents is 2. The van der Waals surface area contributed by atoms with Gasteiger partial charge in [0.2, 0.25) is 0 Å². The average Bonchev–Trinajstić information content (AvgIpc) is 3.02. The predicted octanol–water partition coefficient (Wildman–Crippen LogP) is 7.53. The van der Waals surface area contributed by atoms with E-state index in [9.17, 15) is 30.0 Å². The maximum atomic E-state index is 12.3. The molecule has 1 aliphatic carbocycles. The average molecular weight is 625 g/mol. The fraction of sp³-hybridized carbons (Fsp3) is 0.316. The van der Waals surface area contributed by atoms with Crippen molar-refractivity contribution in [3.63, 3.8) is 0 Å². The summed E-state index contributed by atoms with van der Waals surface area (Å²) < 4.78 is 12.6. The van der Waals surface area contributed by atoms with Gasteiger partial charge in [-0.1, -0.05) is 63.1 Å². The van der Waals surface area contributed by atoms with Crippen LogP contribution in [0.25, 0.3) is 0 Å². The van der Waals surface area contributed by atoms with E-state index in [4.69, 9.17) is 9.47 Å². The van der Waals surface area contributed by atoms with E-state index in [0.29, 0.717) is 47.0 Å². The summed E-state index contributed by atoms with van der Waals surface area (Å²) in [6, 6.07) is 17.2. The van der Waals surface area contributed by atoms with Gasteiger partial charge in [0.15, 0.2) is 0 Å². The summed E-state index contributed by atoms with van der Waals surface area (Å²) in [5.74, 6) is -1.02. The smallest absolute Gasteiger partial charge is 0.335 e. The van der Waals surface area contributed by atoms with Crippen LogP contribution in [-0.4, -0.2) is 45.6 Å². The van der Waals surface area contributed by atoms with Crippen molar-refractivity contribution in [2.45, 2.75) is 65.2 Å². The fourth-order valence-electron chi connectivity index (χ4n) is 5.97. The highest BCUT2D eigenvalue weighted by molar-refractivity contribution is 5.89. The van der Waals surface area contributed by atoms with E-state index in [1.165, 1.54) is 24.3 Å². The normalized spacial score (nSPS) is 12.4. The van der Waals surface area contributed by atoms with Gasteiger partial charge in [-0.15, -0.1) is 0 Å². The molecule has 0 unspecified atom stereocenters. The van der Waals surface area contributed by atoms with Gasteiger partial charge in [-0.3, -0.25) is 0 Å². The molecule has 5 rings (SSSR count). The van der Waals surface area contributed by atoms with Gasteiger partial charge >= 0.3 is 11.9 Å². The standard InChI is InChI=1S/C38H40O8/c1-3-5-13-45-35-23-9-7-10-24(35)16-28-20-32(38(43)44)22-30(34(28)40)18-26-12-8-11-25(36(26)46-14-6-4-2)17-29-21-31(37(41)42)19-27(15-23)33(29)39/h7-12,19-22,39-40H,3-6,13-18H2,1-2H3,(H,41,42)(H,43,44). The number of fused-ring (bicyclic) bond motifs is 8. The van der Waals surface area contributed by atoms with Gasteiger partial charge in [0.05, 0.1) is 24.3 Å². The van der Waals surface area contributed by atoms with E-state index in [1.54, 1.807) is 0 Å². The zero-order valence-corrected chi connectivity index (χ0v) is 26.3. The molecule has 0 saturated carbocycles. The molecule has 4 N–H and O–H groups in total. The minimum absolute atomic E-state index is 0.0147. The summed E-state index contributed by atoms with van der Waals surface area (Å²) in [6.07, 6.45) is 4.23. The largest absolute Gasteiger partial charge is 0.507 e. The Morgan fingerprint density at radius 2 is 0.870 bits per heavy atom. The van der Waals surface area contributed by atoms with Crippen LogP contribution in [0.4, 0.5) is 0 Å². The lowest BCUT2D eigenvalue weighted by atomic mass is 9.90. The van der Waals surface area contributed by atoms with E-state index in [2.05, 4.69) is 13.8 Å². The van der Waals surface area contributed by atoms with E-state index in [1.807, 2.05) is 36.4 Å². The van der Waals surface area contributed by atoms with Crippen molar-refractivity contribution in [2.24, 2.45) is 0 Å². The molecule has 0 fully saturated rings. The molecule has 4 aromatic rings. The molecule has 0 amide bonds. The molecule has 0 aliphatic heterocycles. The number of benzene rings is 4. The number of aromatic hydroxyl groups is 2. The topological polar surface area (TPSA) is 134 Å². The van der Waals surface area contributed by atoms with Crippen molar-refractivity contribution < 1.29 is 39.5 Å². The maximum absolute atomic E-state index is 12.3. The fourth-order valence-corrected chi connectivity index (χ4v) is 5.97. The zero-order valence-electron chi connectivity index (χ0n) is 26.3. The molecular formula is C38H40O8. The lowest BCUT2D eigenvalue weighted by molar-refractivity contribution is 0.0686. The summed E-state index contributed by atoms with van der Waals surface area (Å²) in [7, 11) is 0. The van der Waals surface area contributed by atoms with Crippen molar-refractivity contribution in [3.05, 3.63) is 116 Å². The Kier molecular flexibility index (Phi) is 10.2. The molecule has 8 heteroatoms. The lowest BCUT2D eigenvalue weighted by Gasteiger charge is -2.21. The first-order chi connectivity index (χ1) is 22.2. The minimum atomic E-state index is -1.10. The number of ether oxygens (including phenoxy) is 2. The first-order valence-electron chi connectivity index (χ1n) is 15.8. The van der Waals surface area contributed by atoms with Gasteiger partial charge in [-0.05, 0) is 81.6 Å². The summed E-state index contributed by atoms with van der Waals surface area (Å²) in [5.41, 5.74) is 4.88. The van der Waals surface area contributed by atoms with Crippen LogP contribution in [0.3, 0.4) is 0 Å². The van der Waals surface area contributed by atoms with E-state index >= 15 is 0 Å². The molecule has 46 heavy (non-hydrogen) atoms. The van der Waals surface area contributed by atoms with Crippen LogP contribution >= 0.6 is 0 Å². The highest BCUT2D eigenvalue weighted by atomic mass is 16.5. The molecule has 8 nitrogen and oxygen atoms in total. The SMILES string of the molecule is CCCCOc1c2cccc1Cc1cc(C(=O)O)cc(c1O)Cc1cccc(c1OCCCC)Cc1cc(C(=O)O)cc(c1O)C2. The molecule has 0 spiro atoms. The highest BCUT2D eigenvalue weighted by Crippen LogP contribution is 2.39. The number of carboxylic acids is 2. The second kappa shape index (κ2) is 14.4. The van der Waals surface area contributed by atoms with Crippen LogP contribution in [0.1, 0.15) is 105 Å². The molecule has 0 heterocycles. The Bertz CT molecular complexity index is 1540. The van der Waals surface area contributed by atoms with Gasteiger partial charge in [-0.25, -0.2) is 9.59 Å². The van der Waals surface area contributed by atoms with Crippen LogP contribution < -0.4 is 9.47 Å². The highest BCUT2D eigenvalue weighted by Gasteiger charge is 2.23. The first-order valence-corrected chi connectivity index (χ1v) is 15.8. The molecule has 1 aliphatic rings. The number of carboxylic acid groups (broad SMARTS) is 2. The number of rotatable bonds is 10. The molecule has 4 aromatic carbocycles. The molecule has 0 aromatic heterocycles. The number of hydrogen-bond donors (Lipinski definition) is 4. The molecular weight excluding hydrogens is 584 g/mol. The third kappa shape index (κ3) is 7.12. The Labute approximate surface area is 268 Å². The van der Waals surface area contributed by atoms with Crippen molar-refractivity contribution >= 4 is 11.9 Å². The number of para-hydroxylation sites is 2. The molecule has 0 radical (unpaired) electrons. The van der Waals surface area contributed by atoms with Crippen LogP contribution in [-0.2, 0) is 25.7 Å². The van der Waals surface area contributed by atoms with Crippen molar-refractivity contribution in [3.8, 4) is 23.0 Å². The number of hydrogen-bond acceptors (Lipinski definition) is 6. The minimum Gasteiger partial charge on any atom is -0.507 e. The van der Waals surface area contributed by atoms with Gasteiger partial charge in [0.1, 0.15) is 23.0 Å². The first kappa shape index (κ1) is 32.4. The van der Waals surface area contributed by atoms with Crippen molar-refractivity contribution in [2.75, 3.05) is 13.2 Å². The van der Waals surface area contributed by atoms with E-state index in [0.717, 1.165) is 47.9 Å². The Morgan fingerprint density at radius 1 is 0.565 bits per heavy atom. The molecule has 0 saturated heterocycles. The Balaban J connectivity index is 1.77. The predicted molar refractivity (Wildman–Crippen MR) is 175 cm³/mol. The second-order valence-electron chi connectivity index (χ2n) is 11.8. The van der Waals surface area contributed by atoms with Gasteiger partial charge < -0.3 is 29.9 Å². The Morgan fingerprint density at radius 3 is 1.13 bits per heavy atom. The summed E-state index contributed by atoms with van der Waals surface area (Å²) >= 11 is 0. The van der Waals surface area contributed by atoms with Crippen LogP contribution in [0.5, 0.6) is 23.0 Å². The van der Waals surface area contributed by atoms with Crippen molar-refractivity contribution in [1.82, 2.24) is 0 Å². The summed E-state index contributed by atoms with van der Waals surface area (Å²) in [6.45, 7) is 5.00. The number of carbonyl (C=O) groups is 2.